The van der Waals surface area contributed by atoms with Crippen LogP contribution in [0.1, 0.15) is 55.4 Å². The zero-order valence-electron chi connectivity index (χ0n) is 18.4. The smallest absolute Gasteiger partial charge is 0.123 e. The van der Waals surface area contributed by atoms with Crippen LogP contribution >= 0.6 is 12.4 Å². The molecule has 0 N–H and O–H groups in total. The second-order valence-electron chi connectivity index (χ2n) is 8.17. The second kappa shape index (κ2) is 10.5. The molecule has 4 aromatic rings. The summed E-state index contributed by atoms with van der Waals surface area (Å²) in [7, 11) is 0. The van der Waals surface area contributed by atoms with Gasteiger partial charge in [0.25, 0.3) is 0 Å². The second-order valence-corrected chi connectivity index (χ2v) is 8.17. The number of rotatable bonds is 7. The van der Waals surface area contributed by atoms with Crippen molar-refractivity contribution in [1.29, 1.82) is 0 Å². The van der Waals surface area contributed by atoms with E-state index in [1.54, 1.807) is 18.6 Å². The van der Waals surface area contributed by atoms with E-state index in [9.17, 15) is 4.39 Å². The van der Waals surface area contributed by atoms with Crippen molar-refractivity contribution in [2.45, 2.75) is 45.6 Å². The van der Waals surface area contributed by atoms with Gasteiger partial charge in [0.05, 0.1) is 11.9 Å². The average Bonchev–Trinajstić information content (AvgIpc) is 3.25. The standard InChI is InChI=1S/C25H26FN5.ClH/c1-17(2)31-16-21(14-29-31)20-11-23(10-18(3)19-4-6-22(26)7-5-19)30-24(12-20)13-25-15-27-8-9-28-25;/h4-9,11-12,14-18H,10,13H2,1-3H3;1H/t18-;/m1./s1. The minimum atomic E-state index is -0.218. The van der Waals surface area contributed by atoms with Gasteiger partial charge in [0.15, 0.2) is 0 Å². The molecule has 0 unspecified atom stereocenters. The Kier molecular flexibility index (Phi) is 7.70. The summed E-state index contributed by atoms with van der Waals surface area (Å²) in [6, 6.07) is 11.2. The zero-order valence-corrected chi connectivity index (χ0v) is 19.3. The fraction of sp³-hybridized carbons (Fsp3) is 0.280. The van der Waals surface area contributed by atoms with Crippen molar-refractivity contribution in [1.82, 2.24) is 24.7 Å². The van der Waals surface area contributed by atoms with Gasteiger partial charge in [-0.15, -0.1) is 12.4 Å². The van der Waals surface area contributed by atoms with Crippen molar-refractivity contribution in [3.8, 4) is 11.1 Å². The highest BCUT2D eigenvalue weighted by Gasteiger charge is 2.13. The van der Waals surface area contributed by atoms with Gasteiger partial charge >= 0.3 is 0 Å². The third kappa shape index (κ3) is 5.77. The van der Waals surface area contributed by atoms with Gasteiger partial charge in [-0.25, -0.2) is 4.39 Å². The van der Waals surface area contributed by atoms with Crippen molar-refractivity contribution < 1.29 is 4.39 Å². The van der Waals surface area contributed by atoms with Crippen LogP contribution in [0.5, 0.6) is 0 Å². The molecule has 0 aliphatic heterocycles. The first-order chi connectivity index (χ1) is 15.0. The Balaban J connectivity index is 0.00000289. The van der Waals surface area contributed by atoms with E-state index in [1.807, 2.05) is 23.0 Å². The number of benzene rings is 1. The largest absolute Gasteiger partial charge is 0.270 e. The van der Waals surface area contributed by atoms with Gasteiger partial charge < -0.3 is 0 Å². The van der Waals surface area contributed by atoms with E-state index < -0.39 is 0 Å². The lowest BCUT2D eigenvalue weighted by Crippen LogP contribution is -2.04. The predicted octanol–water partition coefficient (Wildman–Crippen LogP) is 5.81. The van der Waals surface area contributed by atoms with E-state index in [1.165, 1.54) is 12.1 Å². The molecule has 0 saturated carbocycles. The SMILES string of the molecule is CC(C)n1cc(-c2cc(Cc3cnccn3)nc(C[C@@H](C)c3ccc(F)cc3)c2)cn1.Cl. The quantitative estimate of drug-likeness (QED) is 0.355. The Labute approximate surface area is 194 Å². The Morgan fingerprint density at radius 3 is 2.31 bits per heavy atom. The molecule has 4 rings (SSSR count). The number of halogens is 2. The van der Waals surface area contributed by atoms with Gasteiger partial charge in [0.1, 0.15) is 5.82 Å². The lowest BCUT2D eigenvalue weighted by atomic mass is 9.94. The Morgan fingerprint density at radius 1 is 0.906 bits per heavy atom. The molecule has 1 aromatic carbocycles. The molecule has 0 bridgehead atoms. The maximum atomic E-state index is 13.3. The first-order valence-corrected chi connectivity index (χ1v) is 10.5. The van der Waals surface area contributed by atoms with Crippen LogP contribution in [0.25, 0.3) is 11.1 Å². The highest BCUT2D eigenvalue weighted by molar-refractivity contribution is 5.85. The van der Waals surface area contributed by atoms with Crippen LogP contribution in [0, 0.1) is 5.82 Å². The highest BCUT2D eigenvalue weighted by Crippen LogP contribution is 2.26. The van der Waals surface area contributed by atoms with Crippen molar-refractivity contribution >= 4 is 12.4 Å². The first-order valence-electron chi connectivity index (χ1n) is 10.5. The van der Waals surface area contributed by atoms with Gasteiger partial charge in [0, 0.05) is 54.2 Å². The molecular formula is C25H27ClFN5. The molecule has 7 heteroatoms. The van der Waals surface area contributed by atoms with Gasteiger partial charge in [-0.1, -0.05) is 19.1 Å². The van der Waals surface area contributed by atoms with Crippen LogP contribution in [-0.2, 0) is 12.8 Å². The molecule has 5 nitrogen and oxygen atoms in total. The van der Waals surface area contributed by atoms with E-state index >= 15 is 0 Å². The third-order valence-electron chi connectivity index (χ3n) is 5.33. The summed E-state index contributed by atoms with van der Waals surface area (Å²) >= 11 is 0. The molecule has 1 atom stereocenters. The molecule has 0 aliphatic carbocycles. The van der Waals surface area contributed by atoms with E-state index in [-0.39, 0.29) is 24.1 Å². The van der Waals surface area contributed by atoms with Crippen LogP contribution in [0.3, 0.4) is 0 Å². The fourth-order valence-electron chi connectivity index (χ4n) is 3.61. The molecule has 3 aromatic heterocycles. The normalized spacial score (nSPS) is 11.9. The Morgan fingerprint density at radius 2 is 1.66 bits per heavy atom. The molecule has 0 saturated heterocycles. The van der Waals surface area contributed by atoms with E-state index in [0.717, 1.165) is 40.2 Å². The maximum absolute atomic E-state index is 13.3. The summed E-state index contributed by atoms with van der Waals surface area (Å²) in [5.74, 6) is -0.00408. The minimum Gasteiger partial charge on any atom is -0.270 e. The van der Waals surface area contributed by atoms with Crippen LogP contribution in [-0.4, -0.2) is 24.7 Å². The van der Waals surface area contributed by atoms with Crippen LogP contribution in [0.4, 0.5) is 4.39 Å². The Bertz CT molecular complexity index is 1140. The van der Waals surface area contributed by atoms with E-state index in [2.05, 4.69) is 54.2 Å². The highest BCUT2D eigenvalue weighted by atomic mass is 35.5. The molecule has 0 aliphatic rings. The molecule has 166 valence electrons. The number of pyridine rings is 1. The number of hydrogen-bond donors (Lipinski definition) is 0. The molecule has 0 spiro atoms. The van der Waals surface area contributed by atoms with Crippen LogP contribution in [0.2, 0.25) is 0 Å². The van der Waals surface area contributed by atoms with Gasteiger partial charge in [0.2, 0.25) is 0 Å². The number of aromatic nitrogens is 5. The van der Waals surface area contributed by atoms with E-state index in [4.69, 9.17) is 4.98 Å². The fourth-order valence-corrected chi connectivity index (χ4v) is 3.61. The van der Waals surface area contributed by atoms with Crippen molar-refractivity contribution in [3.05, 3.63) is 95.8 Å². The molecule has 0 radical (unpaired) electrons. The zero-order chi connectivity index (χ0) is 21.8. The minimum absolute atomic E-state index is 0. The summed E-state index contributed by atoms with van der Waals surface area (Å²) in [5, 5.41) is 4.49. The lowest BCUT2D eigenvalue weighted by molar-refractivity contribution is 0.532. The van der Waals surface area contributed by atoms with E-state index in [0.29, 0.717) is 12.5 Å². The van der Waals surface area contributed by atoms with Crippen molar-refractivity contribution in [2.24, 2.45) is 0 Å². The lowest BCUT2D eigenvalue weighted by Gasteiger charge is -2.14. The number of hydrogen-bond acceptors (Lipinski definition) is 4. The third-order valence-corrected chi connectivity index (χ3v) is 5.33. The van der Waals surface area contributed by atoms with Crippen LogP contribution in [0.15, 0.2) is 67.4 Å². The van der Waals surface area contributed by atoms with Crippen molar-refractivity contribution in [3.63, 3.8) is 0 Å². The summed E-state index contributed by atoms with van der Waals surface area (Å²) in [4.78, 5) is 13.5. The maximum Gasteiger partial charge on any atom is 0.123 e. The predicted molar refractivity (Wildman–Crippen MR) is 126 cm³/mol. The average molecular weight is 452 g/mol. The summed E-state index contributed by atoms with van der Waals surface area (Å²) in [5.41, 5.74) is 6.05. The summed E-state index contributed by atoms with van der Waals surface area (Å²) in [6.45, 7) is 6.36. The van der Waals surface area contributed by atoms with Gasteiger partial charge in [-0.2, -0.15) is 5.10 Å². The van der Waals surface area contributed by atoms with Gasteiger partial charge in [-0.05, 0) is 61.6 Å². The first kappa shape index (κ1) is 23.5. The summed E-state index contributed by atoms with van der Waals surface area (Å²) < 4.78 is 15.3. The van der Waals surface area contributed by atoms with Gasteiger partial charge in [-0.3, -0.25) is 19.6 Å². The Hall–Kier alpha value is -3.12. The van der Waals surface area contributed by atoms with Crippen LogP contribution < -0.4 is 0 Å². The molecule has 3 heterocycles. The molecule has 0 fully saturated rings. The van der Waals surface area contributed by atoms with Crippen molar-refractivity contribution in [2.75, 3.05) is 0 Å². The molecule has 32 heavy (non-hydrogen) atoms. The monoisotopic (exact) mass is 451 g/mol. The molecular weight excluding hydrogens is 425 g/mol. The topological polar surface area (TPSA) is 56.5 Å². The molecule has 0 amide bonds. The number of nitrogens with zero attached hydrogens (tertiary/aromatic N) is 5. The summed E-state index contributed by atoms with van der Waals surface area (Å²) in [6.07, 6.45) is 10.5.